The Morgan fingerprint density at radius 2 is 2.24 bits per heavy atom. The number of primary amides is 1. The standard InChI is InChI=1S/C14H16N2O4S/c15-13(19)10-5-6-21-14(10)16-11(17)8-20-12(18)7-9-3-1-2-4-9/h1,3,5-6,9H,2,4,7-8H2,(H2,15,19)(H,16,17)/t9-/m0/s1. The van der Waals surface area contributed by atoms with Crippen LogP contribution in [0.25, 0.3) is 0 Å². The minimum Gasteiger partial charge on any atom is -0.456 e. The van der Waals surface area contributed by atoms with Crippen molar-refractivity contribution in [2.45, 2.75) is 19.3 Å². The zero-order valence-electron chi connectivity index (χ0n) is 11.3. The molecule has 2 rings (SSSR count). The minimum atomic E-state index is -0.614. The van der Waals surface area contributed by atoms with Crippen molar-refractivity contribution in [1.29, 1.82) is 0 Å². The number of amides is 2. The Bertz CT molecular complexity index is 579. The first-order valence-corrected chi connectivity index (χ1v) is 7.43. The minimum absolute atomic E-state index is 0.208. The van der Waals surface area contributed by atoms with Gasteiger partial charge in [0.1, 0.15) is 5.00 Å². The molecule has 2 amide bonds. The quantitative estimate of drug-likeness (QED) is 0.617. The van der Waals surface area contributed by atoms with Crippen LogP contribution in [0.5, 0.6) is 0 Å². The second-order valence-electron chi connectivity index (χ2n) is 4.71. The van der Waals surface area contributed by atoms with E-state index in [1.165, 1.54) is 17.4 Å². The lowest BCUT2D eigenvalue weighted by Gasteiger charge is -2.08. The summed E-state index contributed by atoms with van der Waals surface area (Å²) in [4.78, 5) is 34.4. The van der Waals surface area contributed by atoms with Gasteiger partial charge in [-0.05, 0) is 30.2 Å². The fraction of sp³-hybridized carbons (Fsp3) is 0.357. The summed E-state index contributed by atoms with van der Waals surface area (Å²) in [5.74, 6) is -1.30. The van der Waals surface area contributed by atoms with E-state index in [4.69, 9.17) is 10.5 Å². The van der Waals surface area contributed by atoms with Crippen LogP contribution in [0.4, 0.5) is 5.00 Å². The summed E-state index contributed by atoms with van der Waals surface area (Å²) < 4.78 is 4.92. The Balaban J connectivity index is 1.76. The molecule has 0 bridgehead atoms. The topological polar surface area (TPSA) is 98.5 Å². The maximum Gasteiger partial charge on any atom is 0.306 e. The van der Waals surface area contributed by atoms with Gasteiger partial charge in [0.2, 0.25) is 0 Å². The first-order chi connectivity index (χ1) is 10.1. The van der Waals surface area contributed by atoms with E-state index in [0.717, 1.165) is 12.8 Å². The molecule has 21 heavy (non-hydrogen) atoms. The summed E-state index contributed by atoms with van der Waals surface area (Å²) in [7, 11) is 0. The van der Waals surface area contributed by atoms with Crippen LogP contribution < -0.4 is 11.1 Å². The molecule has 6 nitrogen and oxygen atoms in total. The molecule has 0 unspecified atom stereocenters. The predicted molar refractivity (Wildman–Crippen MR) is 78.9 cm³/mol. The summed E-state index contributed by atoms with van der Waals surface area (Å²) in [5.41, 5.74) is 5.42. The molecular formula is C14H16N2O4S. The van der Waals surface area contributed by atoms with Crippen molar-refractivity contribution < 1.29 is 19.1 Å². The highest BCUT2D eigenvalue weighted by Crippen LogP contribution is 2.23. The van der Waals surface area contributed by atoms with Crippen LogP contribution in [0.2, 0.25) is 0 Å². The molecular weight excluding hydrogens is 292 g/mol. The van der Waals surface area contributed by atoms with Crippen molar-refractivity contribution >= 4 is 34.1 Å². The molecule has 0 spiro atoms. The number of ether oxygens (including phenoxy) is 1. The van der Waals surface area contributed by atoms with Crippen LogP contribution in [-0.2, 0) is 14.3 Å². The molecule has 1 aliphatic carbocycles. The molecule has 1 aromatic rings. The van der Waals surface area contributed by atoms with Crippen molar-refractivity contribution in [1.82, 2.24) is 0 Å². The van der Waals surface area contributed by atoms with E-state index in [1.807, 2.05) is 12.2 Å². The molecule has 1 heterocycles. The number of nitrogens with one attached hydrogen (secondary N) is 1. The number of anilines is 1. The van der Waals surface area contributed by atoms with Gasteiger partial charge in [-0.25, -0.2) is 0 Å². The largest absolute Gasteiger partial charge is 0.456 e. The molecule has 1 aromatic heterocycles. The van der Waals surface area contributed by atoms with Gasteiger partial charge in [-0.2, -0.15) is 0 Å². The van der Waals surface area contributed by atoms with E-state index in [9.17, 15) is 14.4 Å². The normalized spacial score (nSPS) is 16.7. The van der Waals surface area contributed by atoms with Crippen molar-refractivity contribution in [2.24, 2.45) is 11.7 Å². The fourth-order valence-corrected chi connectivity index (χ4v) is 2.86. The average Bonchev–Trinajstić information content (AvgIpc) is 3.07. The van der Waals surface area contributed by atoms with Crippen molar-refractivity contribution in [3.63, 3.8) is 0 Å². The van der Waals surface area contributed by atoms with Crippen LogP contribution in [0.1, 0.15) is 29.6 Å². The molecule has 0 saturated heterocycles. The average molecular weight is 308 g/mol. The number of thiophene rings is 1. The monoisotopic (exact) mass is 308 g/mol. The lowest BCUT2D eigenvalue weighted by atomic mass is 10.1. The summed E-state index contributed by atoms with van der Waals surface area (Å²) in [6, 6.07) is 1.53. The number of carbonyl (C=O) groups excluding carboxylic acids is 3. The van der Waals surface area contributed by atoms with E-state index in [1.54, 1.807) is 5.38 Å². The summed E-state index contributed by atoms with van der Waals surface area (Å²) in [6.07, 6.45) is 6.24. The SMILES string of the molecule is NC(=O)c1ccsc1NC(=O)COC(=O)C[C@H]1C=CCC1. The van der Waals surface area contributed by atoms with Crippen molar-refractivity contribution in [2.75, 3.05) is 11.9 Å². The van der Waals surface area contributed by atoms with Gasteiger partial charge in [0.05, 0.1) is 12.0 Å². The smallest absolute Gasteiger partial charge is 0.306 e. The number of rotatable bonds is 6. The summed E-state index contributed by atoms with van der Waals surface area (Å²) >= 11 is 1.18. The van der Waals surface area contributed by atoms with Gasteiger partial charge in [0.15, 0.2) is 6.61 Å². The van der Waals surface area contributed by atoms with Gasteiger partial charge in [-0.3, -0.25) is 14.4 Å². The third-order valence-electron chi connectivity index (χ3n) is 3.09. The van der Waals surface area contributed by atoms with Crippen LogP contribution in [-0.4, -0.2) is 24.4 Å². The van der Waals surface area contributed by atoms with E-state index in [-0.39, 0.29) is 24.5 Å². The molecule has 0 radical (unpaired) electrons. The highest BCUT2D eigenvalue weighted by Gasteiger charge is 2.17. The Morgan fingerprint density at radius 1 is 1.43 bits per heavy atom. The molecule has 3 N–H and O–H groups in total. The first kappa shape index (κ1) is 15.2. The van der Waals surface area contributed by atoms with E-state index < -0.39 is 17.8 Å². The van der Waals surface area contributed by atoms with E-state index in [2.05, 4.69) is 5.32 Å². The maximum atomic E-state index is 11.7. The zero-order chi connectivity index (χ0) is 15.2. The number of carbonyl (C=O) groups is 3. The van der Waals surface area contributed by atoms with Gasteiger partial charge in [0.25, 0.3) is 11.8 Å². The highest BCUT2D eigenvalue weighted by atomic mass is 32.1. The molecule has 0 aromatic carbocycles. The molecule has 1 aliphatic rings. The van der Waals surface area contributed by atoms with E-state index >= 15 is 0 Å². The van der Waals surface area contributed by atoms with Gasteiger partial charge in [-0.15, -0.1) is 11.3 Å². The second kappa shape index (κ2) is 7.03. The van der Waals surface area contributed by atoms with Crippen molar-refractivity contribution in [3.8, 4) is 0 Å². The third kappa shape index (κ3) is 4.42. The number of hydrogen-bond acceptors (Lipinski definition) is 5. The van der Waals surface area contributed by atoms with Gasteiger partial charge < -0.3 is 15.8 Å². The molecule has 1 atom stereocenters. The first-order valence-electron chi connectivity index (χ1n) is 6.55. The van der Waals surface area contributed by atoms with Crippen LogP contribution in [0, 0.1) is 5.92 Å². The Morgan fingerprint density at radius 3 is 2.90 bits per heavy atom. The number of esters is 1. The van der Waals surface area contributed by atoms with Gasteiger partial charge in [0, 0.05) is 0 Å². The van der Waals surface area contributed by atoms with Crippen molar-refractivity contribution in [3.05, 3.63) is 29.2 Å². The maximum absolute atomic E-state index is 11.7. The van der Waals surface area contributed by atoms with Gasteiger partial charge >= 0.3 is 5.97 Å². The highest BCUT2D eigenvalue weighted by molar-refractivity contribution is 7.14. The lowest BCUT2D eigenvalue weighted by molar-refractivity contribution is -0.147. The molecule has 112 valence electrons. The Hall–Kier alpha value is -2.15. The molecule has 7 heteroatoms. The molecule has 0 saturated carbocycles. The number of allylic oxidation sites excluding steroid dienone is 2. The molecule has 0 fully saturated rings. The Labute approximate surface area is 126 Å². The number of hydrogen-bond donors (Lipinski definition) is 2. The number of nitrogens with two attached hydrogens (primary N) is 1. The molecule has 0 aliphatic heterocycles. The summed E-state index contributed by atoms with van der Waals surface area (Å²) in [6.45, 7) is -0.370. The Kier molecular flexibility index (Phi) is 5.10. The van der Waals surface area contributed by atoms with Crippen LogP contribution in [0.15, 0.2) is 23.6 Å². The van der Waals surface area contributed by atoms with Crippen LogP contribution in [0.3, 0.4) is 0 Å². The predicted octanol–water partition coefficient (Wildman–Crippen LogP) is 1.68. The van der Waals surface area contributed by atoms with E-state index in [0.29, 0.717) is 5.00 Å². The second-order valence-corrected chi connectivity index (χ2v) is 5.62. The third-order valence-corrected chi connectivity index (χ3v) is 3.92. The lowest BCUT2D eigenvalue weighted by Crippen LogP contribution is -2.22. The summed E-state index contributed by atoms with van der Waals surface area (Å²) in [5, 5.41) is 4.52. The van der Waals surface area contributed by atoms with Gasteiger partial charge in [-0.1, -0.05) is 12.2 Å². The fourth-order valence-electron chi connectivity index (χ4n) is 2.05. The van der Waals surface area contributed by atoms with Crippen LogP contribution >= 0.6 is 11.3 Å². The zero-order valence-corrected chi connectivity index (χ0v) is 12.2.